The molecule has 1 aromatic heterocycles. The van der Waals surface area contributed by atoms with Crippen LogP contribution in [0.2, 0.25) is 0 Å². The number of esters is 1. The number of nitrogens with one attached hydrogen (secondary N) is 1. The molecule has 0 bridgehead atoms. The average molecular weight is 737 g/mol. The third-order valence-corrected chi connectivity index (χ3v) is 9.99. The van der Waals surface area contributed by atoms with E-state index < -0.39 is 17.4 Å². The zero-order valence-corrected chi connectivity index (χ0v) is 34.0. The molecule has 9 nitrogen and oxygen atoms in total. The van der Waals surface area contributed by atoms with Crippen LogP contribution in [0.5, 0.6) is 5.88 Å². The molecule has 0 aliphatic carbocycles. The molecule has 298 valence electrons. The van der Waals surface area contributed by atoms with Gasteiger partial charge in [-0.15, -0.1) is 5.11 Å². The summed E-state index contributed by atoms with van der Waals surface area (Å²) >= 11 is 0. The molecule has 9 heteroatoms. The Labute approximate surface area is 320 Å². The number of aromatic nitrogens is 1. The largest absolute Gasteiger partial charge is 0.493 e. The molecule has 0 spiro atoms. The molecule has 1 heterocycles. The fraction of sp³-hybridized carbons (Fsp3) is 0.705. The Morgan fingerprint density at radius 2 is 1.11 bits per heavy atom. The number of azo groups is 1. The molecular formula is C44H72N4O5. The van der Waals surface area contributed by atoms with Crippen molar-refractivity contribution in [2.45, 2.75) is 182 Å². The SMILES string of the molecule is CCCCCCCCCCCCCCN(CCCCCCCCCCCC)C(=O)c1ccc(/N=N/c2c(O)[nH]c(=O)c(C(=O)OCC)c2C(C)C)cc1. The molecule has 0 atom stereocenters. The van der Waals surface area contributed by atoms with Crippen molar-refractivity contribution >= 4 is 23.3 Å². The second-order valence-electron chi connectivity index (χ2n) is 14.9. The number of pyridine rings is 1. The molecule has 0 saturated heterocycles. The number of carbonyl (C=O) groups excluding carboxylic acids is 2. The van der Waals surface area contributed by atoms with E-state index in [0.29, 0.717) is 11.3 Å². The summed E-state index contributed by atoms with van der Waals surface area (Å²) in [5.41, 5.74) is 0.423. The minimum absolute atomic E-state index is 0.00730. The first-order valence-corrected chi connectivity index (χ1v) is 21.2. The van der Waals surface area contributed by atoms with Crippen molar-refractivity contribution in [3.8, 4) is 5.88 Å². The zero-order valence-electron chi connectivity index (χ0n) is 34.0. The number of aromatic amines is 1. The number of unbranched alkanes of at least 4 members (excludes halogenated alkanes) is 20. The smallest absolute Gasteiger partial charge is 0.344 e. The van der Waals surface area contributed by atoms with E-state index in [1.807, 2.05) is 4.90 Å². The highest BCUT2D eigenvalue weighted by molar-refractivity contribution is 5.94. The summed E-state index contributed by atoms with van der Waals surface area (Å²) in [6.45, 7) is 11.4. The Kier molecular flexibility index (Phi) is 24.1. The lowest BCUT2D eigenvalue weighted by Crippen LogP contribution is -2.33. The van der Waals surface area contributed by atoms with Crippen LogP contribution in [-0.4, -0.2) is 46.6 Å². The van der Waals surface area contributed by atoms with Gasteiger partial charge in [0.1, 0.15) is 5.56 Å². The number of rotatable bonds is 30. The van der Waals surface area contributed by atoms with Crippen molar-refractivity contribution in [2.24, 2.45) is 10.2 Å². The van der Waals surface area contributed by atoms with Gasteiger partial charge in [-0.1, -0.05) is 156 Å². The molecule has 2 N–H and O–H groups in total. The van der Waals surface area contributed by atoms with Gasteiger partial charge in [0.25, 0.3) is 11.5 Å². The maximum atomic E-state index is 13.8. The molecule has 0 radical (unpaired) electrons. The minimum atomic E-state index is -0.775. The molecule has 53 heavy (non-hydrogen) atoms. The van der Waals surface area contributed by atoms with Gasteiger partial charge in [-0.05, 0) is 49.9 Å². The van der Waals surface area contributed by atoms with Crippen molar-refractivity contribution in [1.82, 2.24) is 9.88 Å². The number of amides is 1. The second-order valence-corrected chi connectivity index (χ2v) is 14.9. The number of ether oxygens (including phenoxy) is 1. The second kappa shape index (κ2) is 28.0. The van der Waals surface area contributed by atoms with Gasteiger partial charge in [0.05, 0.1) is 12.3 Å². The van der Waals surface area contributed by atoms with Crippen LogP contribution < -0.4 is 5.56 Å². The van der Waals surface area contributed by atoms with Crippen LogP contribution in [0, 0.1) is 0 Å². The Bertz CT molecular complexity index is 1390. The van der Waals surface area contributed by atoms with Gasteiger partial charge in [-0.25, -0.2) is 4.79 Å². The summed E-state index contributed by atoms with van der Waals surface area (Å²) in [4.78, 5) is 43.3. The van der Waals surface area contributed by atoms with Crippen LogP contribution in [0.1, 0.15) is 208 Å². The van der Waals surface area contributed by atoms with Crippen LogP contribution in [0.25, 0.3) is 0 Å². The van der Waals surface area contributed by atoms with E-state index >= 15 is 0 Å². The molecular weight excluding hydrogens is 665 g/mol. The fourth-order valence-corrected chi connectivity index (χ4v) is 6.88. The van der Waals surface area contributed by atoms with Crippen LogP contribution >= 0.6 is 0 Å². The van der Waals surface area contributed by atoms with Crippen molar-refractivity contribution in [1.29, 1.82) is 0 Å². The number of benzene rings is 1. The first-order valence-electron chi connectivity index (χ1n) is 21.2. The number of aromatic hydroxyl groups is 1. The quantitative estimate of drug-likeness (QED) is 0.0469. The van der Waals surface area contributed by atoms with Crippen LogP contribution in [-0.2, 0) is 4.74 Å². The highest BCUT2D eigenvalue weighted by atomic mass is 16.5. The molecule has 0 saturated carbocycles. The highest BCUT2D eigenvalue weighted by Crippen LogP contribution is 2.36. The highest BCUT2D eigenvalue weighted by Gasteiger charge is 2.26. The van der Waals surface area contributed by atoms with Gasteiger partial charge in [0.15, 0.2) is 5.69 Å². The number of hydrogen-bond acceptors (Lipinski definition) is 7. The van der Waals surface area contributed by atoms with Crippen molar-refractivity contribution in [3.63, 3.8) is 0 Å². The topological polar surface area (TPSA) is 124 Å². The summed E-state index contributed by atoms with van der Waals surface area (Å²) in [7, 11) is 0. The predicted molar refractivity (Wildman–Crippen MR) is 218 cm³/mol. The Morgan fingerprint density at radius 3 is 1.53 bits per heavy atom. The Hall–Kier alpha value is -3.49. The summed E-state index contributed by atoms with van der Waals surface area (Å²) < 4.78 is 5.09. The lowest BCUT2D eigenvalue weighted by molar-refractivity contribution is 0.0522. The Morgan fingerprint density at radius 1 is 0.679 bits per heavy atom. The zero-order chi connectivity index (χ0) is 38.7. The summed E-state index contributed by atoms with van der Waals surface area (Å²) in [5.74, 6) is -1.53. The van der Waals surface area contributed by atoms with E-state index in [2.05, 4.69) is 29.1 Å². The van der Waals surface area contributed by atoms with Crippen molar-refractivity contribution < 1.29 is 19.4 Å². The van der Waals surface area contributed by atoms with E-state index in [1.54, 1.807) is 45.0 Å². The molecule has 1 aromatic carbocycles. The third kappa shape index (κ3) is 17.9. The van der Waals surface area contributed by atoms with E-state index in [9.17, 15) is 19.5 Å². The fourth-order valence-electron chi connectivity index (χ4n) is 6.88. The number of nitrogens with zero attached hydrogens (tertiary/aromatic N) is 3. The van der Waals surface area contributed by atoms with Gasteiger partial charge in [0.2, 0.25) is 5.88 Å². The van der Waals surface area contributed by atoms with Gasteiger partial charge >= 0.3 is 5.97 Å². The van der Waals surface area contributed by atoms with Crippen molar-refractivity contribution in [3.05, 3.63) is 51.3 Å². The molecule has 0 aliphatic rings. The first-order chi connectivity index (χ1) is 25.7. The molecule has 2 aromatic rings. The van der Waals surface area contributed by atoms with E-state index in [-0.39, 0.29) is 35.2 Å². The number of carbonyl (C=O) groups is 2. The van der Waals surface area contributed by atoms with Crippen molar-refractivity contribution in [2.75, 3.05) is 19.7 Å². The standard InChI is InChI=1S/C44H72N4O5/c1-6-9-11-13-15-17-19-20-22-24-26-28-34-48(33-27-25-23-21-18-16-14-12-10-7-2)43(51)36-29-31-37(32-30-36)46-47-40-38(35(4)5)39(44(52)53-8-3)41(49)45-42(40)50/h29-32,35H,6-28,33-34H2,1-5H3,(H2,45,49,50)/b47-46+. The van der Waals surface area contributed by atoms with E-state index in [1.165, 1.54) is 116 Å². The third-order valence-electron chi connectivity index (χ3n) is 9.99. The lowest BCUT2D eigenvalue weighted by Gasteiger charge is -2.23. The first kappa shape index (κ1) is 45.7. The molecule has 1 amide bonds. The van der Waals surface area contributed by atoms with Crippen LogP contribution in [0.3, 0.4) is 0 Å². The molecule has 0 aliphatic heterocycles. The number of hydrogen-bond donors (Lipinski definition) is 2. The van der Waals surface area contributed by atoms with Crippen LogP contribution in [0.15, 0.2) is 39.3 Å². The normalized spacial score (nSPS) is 11.5. The predicted octanol–water partition coefficient (Wildman–Crippen LogP) is 12.9. The monoisotopic (exact) mass is 737 g/mol. The van der Waals surface area contributed by atoms with Gasteiger partial charge in [-0.3, -0.25) is 14.6 Å². The summed E-state index contributed by atoms with van der Waals surface area (Å²) in [5, 5.41) is 19.1. The maximum absolute atomic E-state index is 13.8. The van der Waals surface area contributed by atoms with E-state index in [4.69, 9.17) is 4.74 Å². The van der Waals surface area contributed by atoms with Gasteiger partial charge in [0, 0.05) is 24.2 Å². The minimum Gasteiger partial charge on any atom is -0.493 e. The average Bonchev–Trinajstić information content (AvgIpc) is 3.14. The summed E-state index contributed by atoms with van der Waals surface area (Å²) in [6, 6.07) is 6.99. The van der Waals surface area contributed by atoms with Gasteiger partial charge < -0.3 is 14.7 Å². The summed E-state index contributed by atoms with van der Waals surface area (Å²) in [6.07, 6.45) is 28.1. The van der Waals surface area contributed by atoms with E-state index in [0.717, 1.165) is 38.8 Å². The Balaban J connectivity index is 2.02. The number of H-pyrrole nitrogens is 1. The van der Waals surface area contributed by atoms with Crippen LogP contribution in [0.4, 0.5) is 11.4 Å². The molecule has 0 fully saturated rings. The molecule has 2 rings (SSSR count). The van der Waals surface area contributed by atoms with Gasteiger partial charge in [-0.2, -0.15) is 5.11 Å². The molecule has 0 unspecified atom stereocenters. The lowest BCUT2D eigenvalue weighted by atomic mass is 9.97. The maximum Gasteiger partial charge on any atom is 0.344 e.